The number of nitrogens with zero attached hydrogens (tertiary/aromatic N) is 4. The molecule has 3 aliphatic heterocycles. The van der Waals surface area contributed by atoms with E-state index in [-0.39, 0.29) is 128 Å². The molecule has 0 fully saturated rings. The summed E-state index contributed by atoms with van der Waals surface area (Å²) in [4.78, 5) is 66.0. The fraction of sp³-hybridized carbons (Fsp3) is 0.537. The van der Waals surface area contributed by atoms with Crippen LogP contribution in [-0.4, -0.2) is 133 Å². The second-order valence-electron chi connectivity index (χ2n) is 19.9. The number of halogens is 1. The van der Waals surface area contributed by atoms with Gasteiger partial charge in [-0.3, -0.25) is 28.7 Å². The van der Waals surface area contributed by atoms with Gasteiger partial charge >= 0.3 is 17.4 Å². The number of ketones is 1. The molecule has 0 saturated heterocycles. The average molecular weight is 1090 g/mol. The number of Topliss-reactive ketones (excluding diaryl/α,β-unsaturated/α-hetero) is 1. The first kappa shape index (κ1) is 60.3. The second kappa shape index (κ2) is 26.6. The Labute approximate surface area is 450 Å². The number of aromatic amines is 1. The largest absolute Gasteiger partial charge is 0.507 e. The Morgan fingerprint density at radius 2 is 1.59 bits per heavy atom. The summed E-state index contributed by atoms with van der Waals surface area (Å²) < 4.78 is 56.8. The second-order valence-corrected chi connectivity index (χ2v) is 19.9. The van der Waals surface area contributed by atoms with Gasteiger partial charge in [0.2, 0.25) is 5.82 Å². The fourth-order valence-electron chi connectivity index (χ4n) is 9.48. The Balaban J connectivity index is 1.15. The Kier molecular flexibility index (Phi) is 20.6. The summed E-state index contributed by atoms with van der Waals surface area (Å²) >= 11 is 0. The number of rotatable bonds is 18. The number of fused-ring (bicyclic) bond motifs is 14. The fourth-order valence-corrected chi connectivity index (χ4v) is 9.48. The van der Waals surface area contributed by atoms with Crippen LogP contribution in [0.3, 0.4) is 0 Å². The molecule has 0 unspecified atom stereocenters. The van der Waals surface area contributed by atoms with E-state index in [0.29, 0.717) is 5.69 Å². The number of phenols is 3. The molecule has 0 spiro atoms. The van der Waals surface area contributed by atoms with E-state index in [4.69, 9.17) is 33.2 Å². The van der Waals surface area contributed by atoms with Crippen LogP contribution in [0, 0.1) is 42.3 Å². The third kappa shape index (κ3) is 13.8. The van der Waals surface area contributed by atoms with Crippen LogP contribution in [0.2, 0.25) is 0 Å². The topological polar surface area (TPSA) is 306 Å². The van der Waals surface area contributed by atoms with Crippen molar-refractivity contribution < 1.29 is 72.4 Å². The number of phenolic OH excluding ortho intramolecular Hbond substituents is 3. The van der Waals surface area contributed by atoms with Crippen LogP contribution in [0.4, 0.5) is 10.1 Å². The molecule has 23 nitrogen and oxygen atoms in total. The van der Waals surface area contributed by atoms with Crippen molar-refractivity contribution in [2.75, 3.05) is 52.0 Å². The number of H-pyrrole nitrogens is 1. The molecule has 1 amide bonds. The van der Waals surface area contributed by atoms with Crippen molar-refractivity contribution in [2.45, 2.75) is 113 Å². The number of nitrogens with one attached hydrogen (secondary N) is 3. The van der Waals surface area contributed by atoms with E-state index in [1.807, 2.05) is 38.8 Å². The van der Waals surface area contributed by atoms with E-state index < -0.39 is 87.9 Å². The predicted octanol–water partition coefficient (Wildman–Crippen LogP) is 4.65. The highest BCUT2D eigenvalue weighted by Crippen LogP contribution is 2.55. The summed E-state index contributed by atoms with van der Waals surface area (Å²) in [5.74, 6) is -8.47. The van der Waals surface area contributed by atoms with Gasteiger partial charge < -0.3 is 64.2 Å². The summed E-state index contributed by atoms with van der Waals surface area (Å²) in [7, 11) is 1.46. The lowest BCUT2D eigenvalue weighted by Crippen LogP contribution is -2.45. The number of carbonyl (C=O) groups excluding carboxylic acids is 3. The van der Waals surface area contributed by atoms with E-state index in [2.05, 4.69) is 20.9 Å². The van der Waals surface area contributed by atoms with Crippen molar-refractivity contribution in [3.05, 3.63) is 97.6 Å². The molecular formula is C54H72FN7O16. The number of hydrogen-bond acceptors (Lipinski definition) is 19. The molecule has 5 heterocycles. The standard InChI is InChI=1S/C54H72FN7O16/c1-28-12-11-13-29(2)51(69)57-43-37(24-56-16-19-73-20-21-74-22-23-75-27-62-25-36(59-60-62)14-17-61-26-38(55)52(70)58-53(61)71)46(66)40-41(47(43)67)45(65)34(7)49-42(40)50(68)54(9,78-49)76-18-15-39(72-10)32(5)48(77-35(8)63)33(6)44(64)31(4)30(28)3/h11-13,15,18,25-26,28,30-33,39,44,48,56,64-67H,14,16-17,19-24,27H2,1-10H3,(H,57,69)(H,58,70,71)/b12-11+,18-15+,29-13-/t28-,30-,31+,32+,33+,39-,44+,48+,54-/m0/s1. The lowest BCUT2D eigenvalue weighted by Gasteiger charge is -2.38. The van der Waals surface area contributed by atoms with Crippen molar-refractivity contribution in [1.82, 2.24) is 29.9 Å². The van der Waals surface area contributed by atoms with Gasteiger partial charge in [0.05, 0.1) is 86.2 Å². The van der Waals surface area contributed by atoms with Crippen molar-refractivity contribution in [2.24, 2.45) is 29.6 Å². The van der Waals surface area contributed by atoms with Gasteiger partial charge in [-0.25, -0.2) is 9.48 Å². The van der Waals surface area contributed by atoms with E-state index >= 15 is 0 Å². The summed E-state index contributed by atoms with van der Waals surface area (Å²) in [6.45, 7) is 16.4. The predicted molar refractivity (Wildman–Crippen MR) is 281 cm³/mol. The summed E-state index contributed by atoms with van der Waals surface area (Å²) in [6, 6.07) is 0. The Bertz CT molecular complexity index is 3020. The van der Waals surface area contributed by atoms with Crippen molar-refractivity contribution >= 4 is 34.1 Å². The first-order valence-electron chi connectivity index (χ1n) is 25.7. The molecule has 7 rings (SSSR count). The number of allylic oxidation sites excluding steroid dienone is 3. The third-order valence-electron chi connectivity index (χ3n) is 14.5. The number of esters is 1. The van der Waals surface area contributed by atoms with E-state index in [1.165, 1.54) is 44.9 Å². The van der Waals surface area contributed by atoms with Crippen LogP contribution in [0.25, 0.3) is 10.8 Å². The zero-order valence-corrected chi connectivity index (χ0v) is 45.6. The molecule has 5 bridgehead atoms. The highest BCUT2D eigenvalue weighted by molar-refractivity contribution is 6.22. The maximum atomic E-state index is 14.6. The lowest BCUT2D eigenvalue weighted by molar-refractivity contribution is -0.159. The molecule has 2 aromatic heterocycles. The van der Waals surface area contributed by atoms with Gasteiger partial charge in [0.25, 0.3) is 17.2 Å². The van der Waals surface area contributed by atoms with Crippen LogP contribution in [0.15, 0.2) is 58.1 Å². The quantitative estimate of drug-likeness (QED) is 0.0309. The first-order valence-corrected chi connectivity index (χ1v) is 25.7. The van der Waals surface area contributed by atoms with Gasteiger partial charge in [-0.05, 0) is 37.7 Å². The SMILES string of the molecule is CO[C@H]1/C=C/O[C@@]2(C)Oc3c(C)c(O)c4c(O)c(c(CNCCOCCOCCOCn5cc(CCn6cc(F)c(=O)[nH]c6=O)nn5)c(O)c4c3C2=O)NC(=O)/C(C)=C\C=C\[C@H](C)[C@H](C)[C@@H](C)[C@@H](O)[C@@H](C)[C@H](OC(C)=O)[C@@H]1C. The third-order valence-corrected chi connectivity index (χ3v) is 14.5. The average Bonchev–Trinajstić information content (AvgIpc) is 4.18. The van der Waals surface area contributed by atoms with Crippen LogP contribution >= 0.6 is 0 Å². The van der Waals surface area contributed by atoms with Crippen LogP contribution in [0.5, 0.6) is 23.0 Å². The van der Waals surface area contributed by atoms with Gasteiger partial charge in [-0.2, -0.15) is 4.39 Å². The summed E-state index contributed by atoms with van der Waals surface area (Å²) in [6.07, 6.45) is 8.14. The minimum absolute atomic E-state index is 0.0212. The molecule has 24 heteroatoms. The smallest absolute Gasteiger partial charge is 0.328 e. The van der Waals surface area contributed by atoms with Gasteiger partial charge in [0.15, 0.2) is 5.75 Å². The molecule has 0 saturated carbocycles. The van der Waals surface area contributed by atoms with Gasteiger partial charge in [0.1, 0.15) is 30.1 Å². The Hall–Kier alpha value is -6.96. The molecule has 78 heavy (non-hydrogen) atoms. The zero-order chi connectivity index (χ0) is 57.2. The Morgan fingerprint density at radius 3 is 2.28 bits per heavy atom. The van der Waals surface area contributed by atoms with E-state index in [9.17, 15) is 48.8 Å². The maximum absolute atomic E-state index is 14.6. The van der Waals surface area contributed by atoms with Crippen LogP contribution in [-0.2, 0) is 64.3 Å². The monoisotopic (exact) mass is 1090 g/mol. The molecule has 426 valence electrons. The van der Waals surface area contributed by atoms with Crippen LogP contribution < -0.4 is 26.6 Å². The molecule has 4 aromatic rings. The molecule has 7 N–H and O–H groups in total. The number of hydrogen-bond donors (Lipinski definition) is 7. The number of aryl methyl sites for hydroxylation is 2. The Morgan fingerprint density at radius 1 is 0.897 bits per heavy atom. The number of anilines is 1. The highest BCUT2D eigenvalue weighted by Gasteiger charge is 2.50. The minimum Gasteiger partial charge on any atom is -0.507 e. The molecule has 9 atom stereocenters. The minimum atomic E-state index is -2.06. The number of aliphatic hydroxyl groups is 1. The van der Waals surface area contributed by atoms with Crippen molar-refractivity contribution in [3.8, 4) is 23.0 Å². The summed E-state index contributed by atoms with van der Waals surface area (Å²) in [5, 5.41) is 61.0. The number of aromatic hydroxyl groups is 3. The number of aliphatic hydroxyl groups excluding tert-OH is 1. The summed E-state index contributed by atoms with van der Waals surface area (Å²) in [5.41, 5.74) is -1.48. The molecular weight excluding hydrogens is 1020 g/mol. The molecule has 0 aliphatic carbocycles. The van der Waals surface area contributed by atoms with Gasteiger partial charge in [-0.15, -0.1) is 5.10 Å². The normalized spacial score (nSPS) is 25.6. The van der Waals surface area contributed by atoms with Gasteiger partial charge in [-0.1, -0.05) is 58.1 Å². The number of ether oxygens (including phenoxy) is 7. The number of aromatic nitrogens is 5. The van der Waals surface area contributed by atoms with Gasteiger partial charge in [0, 0.05) is 80.9 Å². The zero-order valence-electron chi connectivity index (χ0n) is 45.6. The number of carbonyl (C=O) groups is 3. The number of amides is 1. The van der Waals surface area contributed by atoms with E-state index in [1.54, 1.807) is 32.2 Å². The highest BCUT2D eigenvalue weighted by atomic mass is 19.1. The van der Waals surface area contributed by atoms with E-state index in [0.717, 1.165) is 10.8 Å². The van der Waals surface area contributed by atoms with Crippen molar-refractivity contribution in [1.29, 1.82) is 0 Å². The van der Waals surface area contributed by atoms with Crippen molar-refractivity contribution in [3.63, 3.8) is 0 Å². The number of benzene rings is 2. The van der Waals surface area contributed by atoms with Crippen LogP contribution in [0.1, 0.15) is 82.6 Å². The first-order chi connectivity index (χ1) is 37.0. The molecule has 0 radical (unpaired) electrons. The number of methoxy groups -OCH3 is 1. The molecule has 2 aromatic carbocycles. The lowest BCUT2D eigenvalue weighted by atomic mass is 9.75. The maximum Gasteiger partial charge on any atom is 0.328 e. The molecule has 3 aliphatic rings.